The van der Waals surface area contributed by atoms with Gasteiger partial charge in [-0.15, -0.1) is 0 Å². The molecule has 1 amide bonds. The summed E-state index contributed by atoms with van der Waals surface area (Å²) in [7, 11) is 0. The molecule has 0 radical (unpaired) electrons. The van der Waals surface area contributed by atoms with E-state index in [1.165, 1.54) is 6.07 Å². The van der Waals surface area contributed by atoms with E-state index in [1.54, 1.807) is 11.2 Å². The summed E-state index contributed by atoms with van der Waals surface area (Å²) in [6.45, 7) is 7.37. The highest BCUT2D eigenvalue weighted by molar-refractivity contribution is 5.65. The third kappa shape index (κ3) is 4.36. The first kappa shape index (κ1) is 27.3. The molecule has 3 N–H and O–H groups in total. The first-order chi connectivity index (χ1) is 18.5. The molecule has 0 bridgehead atoms. The van der Waals surface area contributed by atoms with Crippen LogP contribution < -0.4 is 5.63 Å². The maximum Gasteiger partial charge on any atom is 0.407 e. The molecule has 39 heavy (non-hydrogen) atoms. The van der Waals surface area contributed by atoms with Crippen LogP contribution in [0.1, 0.15) is 89.5 Å². The van der Waals surface area contributed by atoms with Crippen molar-refractivity contribution in [2.75, 3.05) is 26.2 Å². The van der Waals surface area contributed by atoms with E-state index >= 15 is 0 Å². The van der Waals surface area contributed by atoms with E-state index in [2.05, 4.69) is 18.7 Å². The highest BCUT2D eigenvalue weighted by Gasteiger charge is 2.67. The Morgan fingerprint density at radius 1 is 1.08 bits per heavy atom. The number of nitrogens with zero attached hydrogens (tertiary/aromatic N) is 2. The Morgan fingerprint density at radius 3 is 2.59 bits per heavy atom. The van der Waals surface area contributed by atoms with Gasteiger partial charge in [-0.2, -0.15) is 0 Å². The molecule has 8 nitrogen and oxygen atoms in total. The van der Waals surface area contributed by atoms with Gasteiger partial charge in [0.15, 0.2) is 0 Å². The maximum absolute atomic E-state index is 12.5. The van der Waals surface area contributed by atoms with Gasteiger partial charge in [0, 0.05) is 43.7 Å². The lowest BCUT2D eigenvalue weighted by atomic mass is 9.43. The summed E-state index contributed by atoms with van der Waals surface area (Å²) < 4.78 is 5.22. The standard InChI is InChI=1S/C31H46N2O6/c1-29-11-7-22(33(28(36)37)16-15-32-14-10-23(34)18-32)17-21(29)4-5-26-25(29)8-12-30(2)24(9-13-31(26,30)38)20-3-6-27(35)39-19-20/h3,6,19,21-26,34,38H,4-5,7-18H2,1-2H3,(H,36,37)/t21-,22+,23-,24-,25+,26-,29+,30-,31+/m1/s1. The Morgan fingerprint density at radius 2 is 1.90 bits per heavy atom. The fraction of sp³-hybridized carbons (Fsp3) is 0.806. The van der Waals surface area contributed by atoms with Crippen LogP contribution in [0.5, 0.6) is 0 Å². The van der Waals surface area contributed by atoms with Crippen molar-refractivity contribution in [3.05, 3.63) is 34.4 Å². The number of likely N-dealkylation sites (tertiary alicyclic amines) is 1. The van der Waals surface area contributed by atoms with Crippen LogP contribution in [0.2, 0.25) is 0 Å². The number of hydrogen-bond donors (Lipinski definition) is 3. The van der Waals surface area contributed by atoms with Crippen molar-refractivity contribution >= 4 is 6.09 Å². The van der Waals surface area contributed by atoms with Crippen molar-refractivity contribution in [2.45, 2.75) is 102 Å². The quantitative estimate of drug-likeness (QED) is 0.508. The van der Waals surface area contributed by atoms with Gasteiger partial charge in [0.2, 0.25) is 0 Å². The summed E-state index contributed by atoms with van der Waals surface area (Å²) in [5.41, 5.74) is -0.146. The number of hydrogen-bond acceptors (Lipinski definition) is 6. The zero-order valence-corrected chi connectivity index (χ0v) is 23.6. The average molecular weight is 543 g/mol. The van der Waals surface area contributed by atoms with E-state index in [9.17, 15) is 24.9 Å². The fourth-order valence-corrected chi connectivity index (χ4v) is 10.3. The lowest BCUT2D eigenvalue weighted by Gasteiger charge is -2.64. The van der Waals surface area contributed by atoms with Crippen LogP contribution in [-0.4, -0.2) is 75.1 Å². The summed E-state index contributed by atoms with van der Waals surface area (Å²) in [5.74, 6) is 1.37. The van der Waals surface area contributed by atoms with Gasteiger partial charge < -0.3 is 24.6 Å². The van der Waals surface area contributed by atoms with Crippen LogP contribution in [0.3, 0.4) is 0 Å². The summed E-state index contributed by atoms with van der Waals surface area (Å²) >= 11 is 0. The van der Waals surface area contributed by atoms with Crippen molar-refractivity contribution in [1.29, 1.82) is 0 Å². The predicted octanol–water partition coefficient (Wildman–Crippen LogP) is 4.30. The molecule has 216 valence electrons. The third-order valence-electron chi connectivity index (χ3n) is 12.5. The number of carbonyl (C=O) groups is 1. The van der Waals surface area contributed by atoms with Gasteiger partial charge in [-0.3, -0.25) is 4.90 Å². The van der Waals surface area contributed by atoms with Gasteiger partial charge in [0.25, 0.3) is 0 Å². The highest BCUT2D eigenvalue weighted by atomic mass is 16.4. The number of aliphatic hydroxyl groups is 2. The van der Waals surface area contributed by atoms with Gasteiger partial charge >= 0.3 is 11.7 Å². The third-order valence-corrected chi connectivity index (χ3v) is 12.5. The molecule has 0 spiro atoms. The molecule has 1 aliphatic heterocycles. The first-order valence-electron chi connectivity index (χ1n) is 15.3. The van der Waals surface area contributed by atoms with E-state index < -0.39 is 11.7 Å². The van der Waals surface area contributed by atoms with Crippen molar-refractivity contribution in [3.8, 4) is 0 Å². The second kappa shape index (κ2) is 9.88. The van der Waals surface area contributed by atoms with Gasteiger partial charge in [-0.05, 0) is 105 Å². The van der Waals surface area contributed by atoms with Crippen molar-refractivity contribution in [2.24, 2.45) is 28.6 Å². The Labute approximate surface area is 231 Å². The monoisotopic (exact) mass is 542 g/mol. The Kier molecular flexibility index (Phi) is 6.91. The molecular weight excluding hydrogens is 496 g/mol. The number of amides is 1. The van der Waals surface area contributed by atoms with Crippen LogP contribution in [0, 0.1) is 28.6 Å². The van der Waals surface area contributed by atoms with Crippen LogP contribution >= 0.6 is 0 Å². The molecule has 8 heteroatoms. The molecule has 1 saturated heterocycles. The van der Waals surface area contributed by atoms with Crippen molar-refractivity contribution in [1.82, 2.24) is 9.80 Å². The zero-order valence-electron chi connectivity index (χ0n) is 23.6. The maximum atomic E-state index is 12.5. The van der Waals surface area contributed by atoms with Gasteiger partial charge in [0.1, 0.15) is 0 Å². The molecule has 4 aliphatic carbocycles. The minimum absolute atomic E-state index is 0.0465. The molecule has 5 fully saturated rings. The smallest absolute Gasteiger partial charge is 0.407 e. The number of β-amino-alcohol motifs (C(OH)–C–C–N with tert-alkyl or cyclic N) is 1. The topological polar surface area (TPSA) is 114 Å². The Bertz CT molecular complexity index is 1120. The predicted molar refractivity (Wildman–Crippen MR) is 146 cm³/mol. The fourth-order valence-electron chi connectivity index (χ4n) is 10.3. The van der Waals surface area contributed by atoms with E-state index in [4.69, 9.17) is 4.42 Å². The van der Waals surface area contributed by atoms with E-state index in [1.807, 2.05) is 6.07 Å². The lowest BCUT2D eigenvalue weighted by Crippen LogP contribution is -2.62. The molecule has 9 atom stereocenters. The first-order valence-corrected chi connectivity index (χ1v) is 15.3. The molecule has 4 saturated carbocycles. The summed E-state index contributed by atoms with van der Waals surface area (Å²) in [6.07, 6.45) is 9.86. The van der Waals surface area contributed by atoms with E-state index in [0.29, 0.717) is 31.5 Å². The van der Waals surface area contributed by atoms with Crippen LogP contribution in [0.25, 0.3) is 0 Å². The summed E-state index contributed by atoms with van der Waals surface area (Å²) in [4.78, 5) is 27.7. The van der Waals surface area contributed by atoms with E-state index in [0.717, 1.165) is 76.3 Å². The molecule has 5 aliphatic rings. The summed E-state index contributed by atoms with van der Waals surface area (Å²) in [6, 6.07) is 3.44. The minimum atomic E-state index is -0.825. The van der Waals surface area contributed by atoms with Crippen LogP contribution in [-0.2, 0) is 0 Å². The minimum Gasteiger partial charge on any atom is -0.465 e. The van der Waals surface area contributed by atoms with Crippen LogP contribution in [0.15, 0.2) is 27.6 Å². The number of carboxylic acid groups (broad SMARTS) is 1. The second-order valence-electron chi connectivity index (χ2n) is 14.0. The van der Waals surface area contributed by atoms with Gasteiger partial charge in [-0.25, -0.2) is 9.59 Å². The average Bonchev–Trinajstić information content (AvgIpc) is 3.44. The van der Waals surface area contributed by atoms with E-state index in [-0.39, 0.29) is 40.4 Å². The Hall–Kier alpha value is -1.90. The number of fused-ring (bicyclic) bond motifs is 5. The van der Waals surface area contributed by atoms with Crippen molar-refractivity contribution in [3.63, 3.8) is 0 Å². The number of rotatable bonds is 5. The molecule has 2 heterocycles. The van der Waals surface area contributed by atoms with Crippen molar-refractivity contribution < 1.29 is 24.5 Å². The molecule has 6 rings (SSSR count). The molecule has 1 aromatic rings. The largest absolute Gasteiger partial charge is 0.465 e. The molecular formula is C31H46N2O6. The number of aliphatic hydroxyl groups excluding tert-OH is 1. The Balaban J connectivity index is 1.17. The second-order valence-corrected chi connectivity index (χ2v) is 14.0. The van der Waals surface area contributed by atoms with Gasteiger partial charge in [0.05, 0.1) is 18.0 Å². The van der Waals surface area contributed by atoms with Gasteiger partial charge in [-0.1, -0.05) is 13.8 Å². The molecule has 0 aromatic carbocycles. The molecule has 1 aromatic heterocycles. The SMILES string of the molecule is C[C@]12CC[C@H](N(CCN3CC[C@@H](O)C3)C(=O)O)C[C@H]1CC[C@@H]1[C@@H]2CC[C@]2(C)[C@@H](c3ccc(=O)oc3)CC[C@]12O. The normalized spacial score (nSPS) is 43.9. The van der Waals surface area contributed by atoms with Crippen LogP contribution in [0.4, 0.5) is 4.79 Å². The summed E-state index contributed by atoms with van der Waals surface area (Å²) in [5, 5.41) is 32.4. The highest BCUT2D eigenvalue weighted by Crippen LogP contribution is 2.70. The zero-order chi connectivity index (χ0) is 27.6. The lowest BCUT2D eigenvalue weighted by molar-refractivity contribution is -0.203. The molecule has 0 unspecified atom stereocenters.